The molecule has 27 heavy (non-hydrogen) atoms. The molecule has 0 aliphatic carbocycles. The van der Waals surface area contributed by atoms with Crippen LogP contribution in [0.4, 0.5) is 5.69 Å². The lowest BCUT2D eigenvalue weighted by atomic mass is 9.96. The van der Waals surface area contributed by atoms with Crippen LogP contribution in [-0.4, -0.2) is 30.5 Å². The summed E-state index contributed by atoms with van der Waals surface area (Å²) in [6.07, 6.45) is 3.60. The van der Waals surface area contributed by atoms with Crippen LogP contribution in [0.15, 0.2) is 61.2 Å². The number of nitrogens with zero attached hydrogens (tertiary/aromatic N) is 1. The Morgan fingerprint density at radius 2 is 2.15 bits per heavy atom. The van der Waals surface area contributed by atoms with E-state index >= 15 is 0 Å². The second kappa shape index (κ2) is 9.58. The maximum Gasteiger partial charge on any atom is 0.228 e. The molecular weight excluding hydrogens is 360 g/mol. The summed E-state index contributed by atoms with van der Waals surface area (Å²) >= 11 is 6.28. The molecule has 2 aromatic carbocycles. The lowest BCUT2D eigenvalue weighted by molar-refractivity contribution is -0.121. The molecule has 1 saturated heterocycles. The number of benzene rings is 2. The third-order valence-corrected chi connectivity index (χ3v) is 5.07. The number of hydrogen-bond acceptors (Lipinski definition) is 3. The highest BCUT2D eigenvalue weighted by atomic mass is 35.5. The second-order valence-corrected chi connectivity index (χ2v) is 7.19. The van der Waals surface area contributed by atoms with Crippen LogP contribution in [-0.2, 0) is 11.3 Å². The largest absolute Gasteiger partial charge is 0.489 e. The molecule has 0 bridgehead atoms. The first-order valence-electron chi connectivity index (χ1n) is 9.26. The molecule has 3 rings (SSSR count). The molecule has 4 nitrogen and oxygen atoms in total. The maximum absolute atomic E-state index is 12.7. The molecule has 1 amide bonds. The molecule has 1 N–H and O–H groups in total. The van der Waals surface area contributed by atoms with Crippen molar-refractivity contribution < 1.29 is 9.53 Å². The first-order chi connectivity index (χ1) is 13.2. The molecule has 0 saturated carbocycles. The van der Waals surface area contributed by atoms with Gasteiger partial charge in [-0.3, -0.25) is 9.69 Å². The van der Waals surface area contributed by atoms with E-state index < -0.39 is 0 Å². The van der Waals surface area contributed by atoms with Gasteiger partial charge in [-0.15, -0.1) is 0 Å². The van der Waals surface area contributed by atoms with Gasteiger partial charge in [-0.05, 0) is 43.1 Å². The number of likely N-dealkylation sites (tertiary alicyclic amines) is 1. The van der Waals surface area contributed by atoms with E-state index in [1.807, 2.05) is 48.5 Å². The van der Waals surface area contributed by atoms with Crippen molar-refractivity contribution in [2.45, 2.75) is 19.4 Å². The standard InChI is InChI=1S/C22H25ClN2O2/c1-2-13-27-20-10-5-9-19(14-20)24-22(26)18-8-6-12-25(16-18)15-17-7-3-4-11-21(17)23/h2-5,7,9-11,14,18H,1,6,8,12-13,15-16H2,(H,24,26)/t18-/m1/s1. The smallest absolute Gasteiger partial charge is 0.228 e. The highest BCUT2D eigenvalue weighted by Crippen LogP contribution is 2.24. The zero-order valence-electron chi connectivity index (χ0n) is 15.4. The Balaban J connectivity index is 1.58. The van der Waals surface area contributed by atoms with Gasteiger partial charge in [0.15, 0.2) is 0 Å². The normalized spacial score (nSPS) is 17.3. The van der Waals surface area contributed by atoms with Crippen molar-refractivity contribution in [3.63, 3.8) is 0 Å². The topological polar surface area (TPSA) is 41.6 Å². The van der Waals surface area contributed by atoms with E-state index in [4.69, 9.17) is 16.3 Å². The van der Waals surface area contributed by atoms with Crippen LogP contribution in [0.3, 0.4) is 0 Å². The Labute approximate surface area is 165 Å². The highest BCUT2D eigenvalue weighted by Gasteiger charge is 2.26. The lowest BCUT2D eigenvalue weighted by Crippen LogP contribution is -2.40. The summed E-state index contributed by atoms with van der Waals surface area (Å²) in [7, 11) is 0. The summed E-state index contributed by atoms with van der Waals surface area (Å²) in [6, 6.07) is 15.3. The molecule has 0 spiro atoms. The van der Waals surface area contributed by atoms with E-state index in [9.17, 15) is 4.79 Å². The number of hydrogen-bond donors (Lipinski definition) is 1. The molecule has 0 radical (unpaired) electrons. The number of anilines is 1. The number of carbonyl (C=O) groups excluding carboxylic acids is 1. The Morgan fingerprint density at radius 1 is 1.30 bits per heavy atom. The molecule has 0 unspecified atom stereocenters. The predicted octanol–water partition coefficient (Wildman–Crippen LogP) is 4.76. The van der Waals surface area contributed by atoms with Crippen LogP contribution >= 0.6 is 11.6 Å². The number of ether oxygens (including phenoxy) is 1. The van der Waals surface area contributed by atoms with Crippen molar-refractivity contribution in [2.75, 3.05) is 25.0 Å². The molecule has 0 aromatic heterocycles. The van der Waals surface area contributed by atoms with Gasteiger partial charge in [0.2, 0.25) is 5.91 Å². The third kappa shape index (κ3) is 5.59. The first kappa shape index (κ1) is 19.5. The molecular formula is C22H25ClN2O2. The lowest BCUT2D eigenvalue weighted by Gasteiger charge is -2.32. The van der Waals surface area contributed by atoms with Crippen molar-refractivity contribution in [2.24, 2.45) is 5.92 Å². The van der Waals surface area contributed by atoms with Crippen molar-refractivity contribution in [1.29, 1.82) is 0 Å². The van der Waals surface area contributed by atoms with E-state index in [-0.39, 0.29) is 11.8 Å². The molecule has 1 aliphatic rings. The summed E-state index contributed by atoms with van der Waals surface area (Å²) in [5.74, 6) is 0.746. The van der Waals surface area contributed by atoms with Crippen LogP contribution < -0.4 is 10.1 Å². The van der Waals surface area contributed by atoms with E-state index in [0.717, 1.165) is 54.5 Å². The fourth-order valence-electron chi connectivity index (χ4n) is 3.34. The Hall–Kier alpha value is -2.30. The highest BCUT2D eigenvalue weighted by molar-refractivity contribution is 6.31. The van der Waals surface area contributed by atoms with Crippen molar-refractivity contribution in [3.05, 3.63) is 71.8 Å². The first-order valence-corrected chi connectivity index (χ1v) is 9.64. The molecule has 5 heteroatoms. The van der Waals surface area contributed by atoms with Gasteiger partial charge in [-0.25, -0.2) is 0 Å². The van der Waals surface area contributed by atoms with Gasteiger partial charge in [-0.1, -0.05) is 48.5 Å². The predicted molar refractivity (Wildman–Crippen MR) is 110 cm³/mol. The van der Waals surface area contributed by atoms with Crippen molar-refractivity contribution in [3.8, 4) is 5.75 Å². The number of amides is 1. The van der Waals surface area contributed by atoms with Crippen LogP contribution in [0, 0.1) is 5.92 Å². The second-order valence-electron chi connectivity index (χ2n) is 6.78. The molecule has 142 valence electrons. The van der Waals surface area contributed by atoms with Crippen LogP contribution in [0.5, 0.6) is 5.75 Å². The molecule has 1 atom stereocenters. The Kier molecular flexibility index (Phi) is 6.91. The van der Waals surface area contributed by atoms with Crippen molar-refractivity contribution in [1.82, 2.24) is 4.90 Å². The number of piperidine rings is 1. The van der Waals surface area contributed by atoms with Gasteiger partial charge >= 0.3 is 0 Å². The fraction of sp³-hybridized carbons (Fsp3) is 0.318. The van der Waals surface area contributed by atoms with Gasteiger partial charge < -0.3 is 10.1 Å². The molecule has 1 heterocycles. The monoisotopic (exact) mass is 384 g/mol. The van der Waals surface area contributed by atoms with E-state index in [2.05, 4.69) is 16.8 Å². The van der Waals surface area contributed by atoms with E-state index in [1.54, 1.807) is 6.08 Å². The van der Waals surface area contributed by atoms with Crippen LogP contribution in [0.2, 0.25) is 5.02 Å². The average Bonchev–Trinajstić information content (AvgIpc) is 2.69. The van der Waals surface area contributed by atoms with Gasteiger partial charge in [0.25, 0.3) is 0 Å². The Bertz CT molecular complexity index is 793. The van der Waals surface area contributed by atoms with E-state index in [0.29, 0.717) is 6.61 Å². The van der Waals surface area contributed by atoms with Gasteiger partial charge in [0.1, 0.15) is 12.4 Å². The minimum absolute atomic E-state index is 0.0287. The number of nitrogens with one attached hydrogen (secondary N) is 1. The fourth-order valence-corrected chi connectivity index (χ4v) is 3.54. The molecule has 1 aliphatic heterocycles. The summed E-state index contributed by atoms with van der Waals surface area (Å²) in [5.41, 5.74) is 1.86. The minimum Gasteiger partial charge on any atom is -0.489 e. The van der Waals surface area contributed by atoms with Crippen molar-refractivity contribution >= 4 is 23.2 Å². The molecule has 1 fully saturated rings. The third-order valence-electron chi connectivity index (χ3n) is 4.70. The minimum atomic E-state index is -0.0287. The summed E-state index contributed by atoms with van der Waals surface area (Å²) in [4.78, 5) is 15.0. The SMILES string of the molecule is C=CCOc1cccc(NC(=O)[C@@H]2CCCN(Cc3ccccc3Cl)C2)c1. The number of carbonyl (C=O) groups is 1. The summed E-state index contributed by atoms with van der Waals surface area (Å²) in [5, 5.41) is 3.80. The van der Waals surface area contributed by atoms with Gasteiger partial charge in [0.05, 0.1) is 5.92 Å². The molecule has 2 aromatic rings. The van der Waals surface area contributed by atoms with Crippen LogP contribution in [0.25, 0.3) is 0 Å². The average molecular weight is 385 g/mol. The zero-order valence-corrected chi connectivity index (χ0v) is 16.1. The maximum atomic E-state index is 12.7. The Morgan fingerprint density at radius 3 is 2.96 bits per heavy atom. The zero-order chi connectivity index (χ0) is 19.1. The summed E-state index contributed by atoms with van der Waals surface area (Å²) in [6.45, 7) is 6.58. The number of rotatable bonds is 7. The summed E-state index contributed by atoms with van der Waals surface area (Å²) < 4.78 is 5.53. The van der Waals surface area contributed by atoms with Gasteiger partial charge in [-0.2, -0.15) is 0 Å². The quantitative estimate of drug-likeness (QED) is 0.700. The van der Waals surface area contributed by atoms with Crippen LogP contribution in [0.1, 0.15) is 18.4 Å². The van der Waals surface area contributed by atoms with Gasteiger partial charge in [0, 0.05) is 29.9 Å². The van der Waals surface area contributed by atoms with E-state index in [1.165, 1.54) is 0 Å². The number of halogens is 1.